The second-order valence-electron chi connectivity index (χ2n) is 8.38. The van der Waals surface area contributed by atoms with Crippen LogP contribution in [0.2, 0.25) is 0 Å². The Labute approximate surface area is 214 Å². The van der Waals surface area contributed by atoms with E-state index in [1.54, 1.807) is 23.5 Å². The maximum absolute atomic E-state index is 12.7. The molecular weight excluding hydrogens is 531 g/mol. The molecule has 182 valence electrons. The molecule has 33 heavy (non-hydrogen) atoms. The first-order valence-corrected chi connectivity index (χ1v) is 11.2. The maximum Gasteiger partial charge on any atom is 0.410 e. The summed E-state index contributed by atoms with van der Waals surface area (Å²) in [5, 5.41) is 6.59. The largest absolute Gasteiger partial charge is 0.444 e. The van der Waals surface area contributed by atoms with Crippen LogP contribution in [0.5, 0.6) is 0 Å². The molecule has 2 N–H and O–H groups in total. The smallest absolute Gasteiger partial charge is 0.410 e. The highest BCUT2D eigenvalue weighted by Gasteiger charge is 2.22. The van der Waals surface area contributed by atoms with Crippen molar-refractivity contribution in [2.75, 3.05) is 26.2 Å². The Hall–Kier alpha value is -2.43. The predicted molar refractivity (Wildman–Crippen MR) is 143 cm³/mol. The fourth-order valence-corrected chi connectivity index (χ4v) is 2.92. The van der Waals surface area contributed by atoms with Crippen LogP contribution in [-0.2, 0) is 17.7 Å². The van der Waals surface area contributed by atoms with Gasteiger partial charge in [0.25, 0.3) is 0 Å². The summed E-state index contributed by atoms with van der Waals surface area (Å²) in [6.07, 6.45) is 6.50. The number of aromatic nitrogens is 2. The second kappa shape index (κ2) is 15.4. The zero-order valence-electron chi connectivity index (χ0n) is 20.1. The summed E-state index contributed by atoms with van der Waals surface area (Å²) in [4.78, 5) is 27.5. The third-order valence-corrected chi connectivity index (χ3v) is 4.35. The van der Waals surface area contributed by atoms with Gasteiger partial charge in [0, 0.05) is 56.9 Å². The third-order valence-electron chi connectivity index (χ3n) is 4.35. The van der Waals surface area contributed by atoms with Gasteiger partial charge in [-0.1, -0.05) is 12.1 Å². The minimum Gasteiger partial charge on any atom is -0.444 e. The van der Waals surface area contributed by atoms with Crippen molar-refractivity contribution in [1.82, 2.24) is 25.5 Å². The van der Waals surface area contributed by atoms with Crippen molar-refractivity contribution < 1.29 is 9.53 Å². The first-order valence-electron chi connectivity index (χ1n) is 11.2. The fourth-order valence-electron chi connectivity index (χ4n) is 2.92. The standard InChI is InChI=1S/C24H36N6O2.HI/c1-5-26-22(29-16-12-21-11-6-7-14-27-21)28-15-9-17-30(23(31)32-24(2,3)4)19-20-10-8-13-25-18-20;/h6-8,10-11,13-14,18H,5,9,12,15-17,19H2,1-4H3,(H2,26,28,29);1H. The van der Waals surface area contributed by atoms with Crippen molar-refractivity contribution in [3.63, 3.8) is 0 Å². The SMILES string of the molecule is CCNC(=NCCCN(Cc1cccnc1)C(=O)OC(C)(C)C)NCCc1ccccn1.I. The minimum atomic E-state index is -0.543. The van der Waals surface area contributed by atoms with Crippen LogP contribution in [0.3, 0.4) is 0 Å². The first-order chi connectivity index (χ1) is 15.4. The molecule has 0 atom stereocenters. The quantitative estimate of drug-likeness (QED) is 0.195. The first kappa shape index (κ1) is 28.6. The lowest BCUT2D eigenvalue weighted by Gasteiger charge is -2.27. The summed E-state index contributed by atoms with van der Waals surface area (Å²) < 4.78 is 5.58. The summed E-state index contributed by atoms with van der Waals surface area (Å²) in [5.41, 5.74) is 1.46. The molecule has 1 amide bonds. The van der Waals surface area contributed by atoms with E-state index in [0.29, 0.717) is 19.6 Å². The van der Waals surface area contributed by atoms with Crippen molar-refractivity contribution >= 4 is 36.0 Å². The molecule has 0 unspecified atom stereocenters. The Balaban J connectivity index is 0.00000544. The van der Waals surface area contributed by atoms with Gasteiger partial charge in [-0.2, -0.15) is 0 Å². The average molecular weight is 569 g/mol. The number of carbonyl (C=O) groups is 1. The van der Waals surface area contributed by atoms with Crippen molar-refractivity contribution in [2.24, 2.45) is 4.99 Å². The van der Waals surface area contributed by atoms with E-state index in [9.17, 15) is 4.79 Å². The predicted octanol–water partition coefficient (Wildman–Crippen LogP) is 4.02. The number of guanidine groups is 1. The van der Waals surface area contributed by atoms with Gasteiger partial charge in [-0.25, -0.2) is 4.79 Å². The number of ether oxygens (including phenoxy) is 1. The molecule has 2 aromatic rings. The van der Waals surface area contributed by atoms with Crippen LogP contribution in [0.15, 0.2) is 53.9 Å². The summed E-state index contributed by atoms with van der Waals surface area (Å²) in [7, 11) is 0. The molecule has 2 aromatic heterocycles. The Bertz CT molecular complexity index is 828. The highest BCUT2D eigenvalue weighted by molar-refractivity contribution is 14.0. The number of aliphatic imine (C=N–C) groups is 1. The van der Waals surface area contributed by atoms with Crippen LogP contribution in [0, 0.1) is 0 Å². The molecule has 2 heterocycles. The van der Waals surface area contributed by atoms with Gasteiger partial charge < -0.3 is 20.3 Å². The Morgan fingerprint density at radius 2 is 1.97 bits per heavy atom. The lowest BCUT2D eigenvalue weighted by Crippen LogP contribution is -2.39. The van der Waals surface area contributed by atoms with E-state index < -0.39 is 5.60 Å². The van der Waals surface area contributed by atoms with Gasteiger partial charge in [-0.15, -0.1) is 24.0 Å². The number of nitrogens with zero attached hydrogens (tertiary/aromatic N) is 4. The number of hydrogen-bond acceptors (Lipinski definition) is 5. The van der Waals surface area contributed by atoms with E-state index in [0.717, 1.165) is 43.1 Å². The number of halogens is 1. The van der Waals surface area contributed by atoms with E-state index in [1.165, 1.54) is 0 Å². The lowest BCUT2D eigenvalue weighted by atomic mass is 10.2. The van der Waals surface area contributed by atoms with Crippen molar-refractivity contribution in [2.45, 2.75) is 52.7 Å². The molecule has 0 aliphatic rings. The zero-order valence-corrected chi connectivity index (χ0v) is 22.4. The van der Waals surface area contributed by atoms with Gasteiger partial charge in [0.15, 0.2) is 5.96 Å². The molecule has 0 saturated heterocycles. The van der Waals surface area contributed by atoms with Crippen molar-refractivity contribution in [3.05, 3.63) is 60.2 Å². The normalized spacial score (nSPS) is 11.3. The van der Waals surface area contributed by atoms with Gasteiger partial charge in [0.05, 0.1) is 6.54 Å². The molecule has 0 bridgehead atoms. The number of nitrogens with one attached hydrogen (secondary N) is 2. The van der Waals surface area contributed by atoms with E-state index in [-0.39, 0.29) is 30.1 Å². The second-order valence-corrected chi connectivity index (χ2v) is 8.38. The Morgan fingerprint density at radius 3 is 2.61 bits per heavy atom. The molecular formula is C24H37IN6O2. The van der Waals surface area contributed by atoms with Crippen LogP contribution >= 0.6 is 24.0 Å². The van der Waals surface area contributed by atoms with Gasteiger partial charge in [0.2, 0.25) is 0 Å². The van der Waals surface area contributed by atoms with E-state index in [1.807, 2.05) is 58.0 Å². The fraction of sp³-hybridized carbons (Fsp3) is 0.500. The molecule has 0 fully saturated rings. The Morgan fingerprint density at radius 1 is 1.15 bits per heavy atom. The number of amides is 1. The molecule has 9 heteroatoms. The van der Waals surface area contributed by atoms with Crippen LogP contribution in [-0.4, -0.2) is 58.7 Å². The van der Waals surface area contributed by atoms with E-state index >= 15 is 0 Å². The number of pyridine rings is 2. The van der Waals surface area contributed by atoms with E-state index in [2.05, 4.69) is 25.6 Å². The Kier molecular flexibility index (Phi) is 13.4. The van der Waals surface area contributed by atoms with Crippen LogP contribution in [0.25, 0.3) is 0 Å². The summed E-state index contributed by atoms with van der Waals surface area (Å²) in [6, 6.07) is 9.74. The topological polar surface area (TPSA) is 91.7 Å². The molecule has 0 spiro atoms. The van der Waals surface area contributed by atoms with E-state index in [4.69, 9.17) is 4.74 Å². The van der Waals surface area contributed by atoms with Crippen LogP contribution in [0.4, 0.5) is 4.79 Å². The van der Waals surface area contributed by atoms with Gasteiger partial charge in [-0.3, -0.25) is 15.0 Å². The van der Waals surface area contributed by atoms with Crippen LogP contribution in [0.1, 0.15) is 45.4 Å². The highest BCUT2D eigenvalue weighted by atomic mass is 127. The maximum atomic E-state index is 12.7. The number of carbonyl (C=O) groups excluding carboxylic acids is 1. The molecule has 2 rings (SSSR count). The van der Waals surface area contributed by atoms with Gasteiger partial charge in [-0.05, 0) is 57.9 Å². The molecule has 0 radical (unpaired) electrons. The molecule has 0 aliphatic heterocycles. The number of hydrogen-bond donors (Lipinski definition) is 2. The molecule has 8 nitrogen and oxygen atoms in total. The molecule has 0 aliphatic carbocycles. The highest BCUT2D eigenvalue weighted by Crippen LogP contribution is 2.13. The molecule has 0 saturated carbocycles. The summed E-state index contributed by atoms with van der Waals surface area (Å²) >= 11 is 0. The van der Waals surface area contributed by atoms with Crippen LogP contribution < -0.4 is 10.6 Å². The zero-order chi connectivity index (χ0) is 23.2. The van der Waals surface area contributed by atoms with Gasteiger partial charge >= 0.3 is 6.09 Å². The molecule has 0 aromatic carbocycles. The third kappa shape index (κ3) is 12.4. The summed E-state index contributed by atoms with van der Waals surface area (Å²) in [5.74, 6) is 0.763. The van der Waals surface area contributed by atoms with Gasteiger partial charge in [0.1, 0.15) is 5.60 Å². The number of rotatable bonds is 10. The monoisotopic (exact) mass is 568 g/mol. The summed E-state index contributed by atoms with van der Waals surface area (Å²) in [6.45, 7) is 10.8. The van der Waals surface area contributed by atoms with Crippen molar-refractivity contribution in [1.29, 1.82) is 0 Å². The average Bonchev–Trinajstić information content (AvgIpc) is 2.76. The lowest BCUT2D eigenvalue weighted by molar-refractivity contribution is 0.0232. The van der Waals surface area contributed by atoms with Crippen molar-refractivity contribution in [3.8, 4) is 0 Å². The minimum absolute atomic E-state index is 0.